The Morgan fingerprint density at radius 2 is 1.80 bits per heavy atom. The summed E-state index contributed by atoms with van der Waals surface area (Å²) in [5.41, 5.74) is 4.29. The molecule has 6 N–H and O–H groups in total. The number of pyridine rings is 1. The van der Waals surface area contributed by atoms with Crippen molar-refractivity contribution in [2.45, 2.75) is 38.5 Å². The van der Waals surface area contributed by atoms with E-state index in [4.69, 9.17) is 9.97 Å². The second-order valence-electron chi connectivity index (χ2n) is 8.67. The molecule has 184 valence electrons. The summed E-state index contributed by atoms with van der Waals surface area (Å²) in [4.78, 5) is 17.1. The molecule has 1 aliphatic carbocycles. The molecule has 0 amide bonds. The number of H-pyrrole nitrogens is 1. The minimum absolute atomic E-state index is 0. The number of anilines is 3. The summed E-state index contributed by atoms with van der Waals surface area (Å²) < 4.78 is 1.06. The Bertz CT molecular complexity index is 1280. The maximum atomic E-state index is 10.6. The van der Waals surface area contributed by atoms with Crippen molar-refractivity contribution in [3.8, 4) is 10.6 Å². The quantitative estimate of drug-likeness (QED) is 0.231. The average Bonchev–Trinajstić information content (AvgIpc) is 3.35. The van der Waals surface area contributed by atoms with Gasteiger partial charge in [0.05, 0.1) is 28.6 Å². The van der Waals surface area contributed by atoms with Crippen LogP contribution >= 0.6 is 11.3 Å². The molecule has 4 aromatic rings. The molecule has 3 heterocycles. The smallest absolute Gasteiger partial charge is 0.396 e. The number of fused-ring (bicyclic) bond motifs is 1. The number of aliphatic hydroxyl groups is 3. The zero-order chi connectivity index (χ0) is 23.8. The van der Waals surface area contributed by atoms with Gasteiger partial charge in [-0.05, 0) is 44.5 Å². The molecule has 11 heteroatoms. The van der Waals surface area contributed by atoms with E-state index in [9.17, 15) is 15.3 Å². The molecule has 0 saturated heterocycles. The number of aliphatic hydroxyl groups excluding tert-OH is 3. The first-order valence-corrected chi connectivity index (χ1v) is 12.0. The molecule has 3 aromatic heterocycles. The SMILES string of the molecule is Cc1cc(Nc2nc(N[C@H]3C[C@@H](CO)[C@H](O)[C@@H]3O)c(-c3nc4ccccc4s3)c[nH+]2)cc(C)n1.[Cl-]. The number of nitrogens with one attached hydrogen (secondary N) is 3. The largest absolute Gasteiger partial charge is 1.00 e. The van der Waals surface area contributed by atoms with Crippen molar-refractivity contribution in [2.75, 3.05) is 17.2 Å². The second kappa shape index (κ2) is 10.4. The third-order valence-electron chi connectivity index (χ3n) is 6.06. The summed E-state index contributed by atoms with van der Waals surface area (Å²) >= 11 is 1.55. The maximum Gasteiger partial charge on any atom is 0.396 e. The van der Waals surface area contributed by atoms with Crippen LogP contribution < -0.4 is 28.0 Å². The number of para-hydroxylation sites is 1. The summed E-state index contributed by atoms with van der Waals surface area (Å²) in [5, 5.41) is 37.8. The lowest BCUT2D eigenvalue weighted by Gasteiger charge is -2.18. The third kappa shape index (κ3) is 5.21. The van der Waals surface area contributed by atoms with Crippen LogP contribution in [0.1, 0.15) is 17.8 Å². The Balaban J connectivity index is 0.00000289. The van der Waals surface area contributed by atoms with E-state index in [1.54, 1.807) is 11.3 Å². The van der Waals surface area contributed by atoms with Crippen LogP contribution in [-0.4, -0.2) is 55.1 Å². The first-order chi connectivity index (χ1) is 16.4. The fraction of sp³-hybridized carbons (Fsp3) is 0.333. The van der Waals surface area contributed by atoms with Crippen molar-refractivity contribution in [3.63, 3.8) is 0 Å². The number of hydrogen-bond acceptors (Lipinski definition) is 9. The number of nitrogens with zero attached hydrogens (tertiary/aromatic N) is 3. The highest BCUT2D eigenvalue weighted by Gasteiger charge is 2.42. The Kier molecular flexibility index (Phi) is 7.48. The highest BCUT2D eigenvalue weighted by molar-refractivity contribution is 7.21. The molecule has 1 aliphatic rings. The number of aromatic amines is 1. The van der Waals surface area contributed by atoms with E-state index in [2.05, 4.69) is 20.6 Å². The summed E-state index contributed by atoms with van der Waals surface area (Å²) in [6, 6.07) is 11.3. The molecule has 0 bridgehead atoms. The average molecular weight is 515 g/mol. The van der Waals surface area contributed by atoms with Crippen LogP contribution in [0.25, 0.3) is 20.8 Å². The van der Waals surface area contributed by atoms with Gasteiger partial charge >= 0.3 is 5.95 Å². The molecule has 1 saturated carbocycles. The van der Waals surface area contributed by atoms with Gasteiger partial charge in [0.1, 0.15) is 22.4 Å². The molecule has 0 radical (unpaired) electrons. The molecule has 9 nitrogen and oxygen atoms in total. The van der Waals surface area contributed by atoms with Crippen LogP contribution in [0.2, 0.25) is 0 Å². The first-order valence-electron chi connectivity index (χ1n) is 11.2. The highest BCUT2D eigenvalue weighted by atomic mass is 35.5. The minimum atomic E-state index is -1.02. The van der Waals surface area contributed by atoms with E-state index < -0.39 is 24.2 Å². The van der Waals surface area contributed by atoms with E-state index in [0.717, 1.165) is 37.9 Å². The Hall–Kier alpha value is -2.89. The summed E-state index contributed by atoms with van der Waals surface area (Å²) in [6.45, 7) is 3.68. The zero-order valence-electron chi connectivity index (χ0n) is 19.2. The van der Waals surface area contributed by atoms with Crippen molar-refractivity contribution in [1.82, 2.24) is 15.0 Å². The molecular formula is C24H27ClN6O3S. The summed E-state index contributed by atoms with van der Waals surface area (Å²) in [7, 11) is 0. The topological polar surface area (TPSA) is 138 Å². The number of thiazole rings is 1. The summed E-state index contributed by atoms with van der Waals surface area (Å²) in [6.07, 6.45) is 0.235. The molecule has 0 unspecified atom stereocenters. The maximum absolute atomic E-state index is 10.6. The normalized spacial score (nSPS) is 21.6. The van der Waals surface area contributed by atoms with Crippen molar-refractivity contribution < 1.29 is 32.7 Å². The number of benzene rings is 1. The lowest BCUT2D eigenvalue weighted by molar-refractivity contribution is -0.363. The van der Waals surface area contributed by atoms with E-state index in [1.165, 1.54) is 0 Å². The first kappa shape index (κ1) is 25.2. The van der Waals surface area contributed by atoms with Gasteiger partial charge in [-0.2, -0.15) is 0 Å². The lowest BCUT2D eigenvalue weighted by Crippen LogP contribution is -3.00. The van der Waals surface area contributed by atoms with Gasteiger partial charge in [0, 0.05) is 23.9 Å². The standard InChI is InChI=1S/C24H26N6O3S.ClH/c1-12-7-15(8-13(2)26-12)27-24-25-10-16(23-29-17-5-3-4-6-19(17)34-23)22(30-24)28-18-9-14(11-31)20(32)21(18)33;/h3-8,10,14,18,20-21,31-33H,9,11H2,1-2H3,(H2,25,26,27,28,30);1H/t14-,18-,20-,21+;/m0./s1. The van der Waals surface area contributed by atoms with Crippen LogP contribution in [-0.2, 0) is 0 Å². The van der Waals surface area contributed by atoms with Crippen molar-refractivity contribution in [1.29, 1.82) is 0 Å². The Morgan fingerprint density at radius 3 is 2.49 bits per heavy atom. The van der Waals surface area contributed by atoms with Crippen LogP contribution in [0.15, 0.2) is 42.6 Å². The molecule has 1 aromatic carbocycles. The Labute approximate surface area is 212 Å². The molecule has 0 spiro atoms. The van der Waals surface area contributed by atoms with Gasteiger partial charge in [-0.3, -0.25) is 4.98 Å². The van der Waals surface area contributed by atoms with Crippen molar-refractivity contribution in [2.24, 2.45) is 5.92 Å². The second-order valence-corrected chi connectivity index (χ2v) is 9.70. The Morgan fingerprint density at radius 1 is 1.06 bits per heavy atom. The number of aryl methyl sites for hydroxylation is 2. The van der Waals surface area contributed by atoms with Gasteiger partial charge < -0.3 is 33.0 Å². The number of hydrogen-bond donors (Lipinski definition) is 5. The minimum Gasteiger partial charge on any atom is -1.00 e. The van der Waals surface area contributed by atoms with Gasteiger partial charge in [-0.25, -0.2) is 15.3 Å². The van der Waals surface area contributed by atoms with E-state index in [0.29, 0.717) is 18.2 Å². The van der Waals surface area contributed by atoms with E-state index in [1.807, 2.05) is 56.4 Å². The number of halogens is 1. The summed E-state index contributed by atoms with van der Waals surface area (Å²) in [5.74, 6) is 0.635. The fourth-order valence-corrected chi connectivity index (χ4v) is 5.39. The molecule has 35 heavy (non-hydrogen) atoms. The molecule has 1 fully saturated rings. The fourth-order valence-electron chi connectivity index (χ4n) is 4.41. The third-order valence-corrected chi connectivity index (χ3v) is 7.13. The van der Waals surface area contributed by atoms with Gasteiger partial charge in [-0.1, -0.05) is 17.1 Å². The van der Waals surface area contributed by atoms with Crippen molar-refractivity contribution >= 4 is 39.0 Å². The number of rotatable bonds is 6. The lowest BCUT2D eigenvalue weighted by atomic mass is 10.1. The van der Waals surface area contributed by atoms with Crippen molar-refractivity contribution in [3.05, 3.63) is 54.0 Å². The molecular weight excluding hydrogens is 488 g/mol. The van der Waals surface area contributed by atoms with Gasteiger partial charge in [0.25, 0.3) is 0 Å². The van der Waals surface area contributed by atoms with Gasteiger partial charge in [0.2, 0.25) is 5.82 Å². The molecule has 4 atom stereocenters. The number of aromatic nitrogens is 4. The molecule has 5 rings (SSSR count). The zero-order valence-corrected chi connectivity index (χ0v) is 20.8. The van der Waals surface area contributed by atoms with Crippen LogP contribution in [0, 0.1) is 19.8 Å². The monoisotopic (exact) mass is 514 g/mol. The van der Waals surface area contributed by atoms with Gasteiger partial charge in [-0.15, -0.1) is 11.3 Å². The predicted molar refractivity (Wildman–Crippen MR) is 131 cm³/mol. The highest BCUT2D eigenvalue weighted by Crippen LogP contribution is 2.35. The molecule has 0 aliphatic heterocycles. The van der Waals surface area contributed by atoms with E-state index >= 15 is 0 Å². The van der Waals surface area contributed by atoms with Crippen LogP contribution in [0.3, 0.4) is 0 Å². The van der Waals surface area contributed by atoms with Gasteiger partial charge in [0.15, 0.2) is 0 Å². The van der Waals surface area contributed by atoms with E-state index in [-0.39, 0.29) is 19.0 Å². The van der Waals surface area contributed by atoms with Crippen LogP contribution in [0.5, 0.6) is 0 Å². The predicted octanol–water partition coefficient (Wildman–Crippen LogP) is -0.554. The van der Waals surface area contributed by atoms with Crippen LogP contribution in [0.4, 0.5) is 17.5 Å².